The summed E-state index contributed by atoms with van der Waals surface area (Å²) in [6, 6.07) is 0.243. The number of aliphatic hydroxyl groups is 2. The van der Waals surface area contributed by atoms with E-state index in [-0.39, 0.29) is 12.6 Å². The Kier molecular flexibility index (Phi) is 4.42. The monoisotopic (exact) mass is 225 g/mol. The largest absolute Gasteiger partial charge is 0.762 e. The van der Waals surface area contributed by atoms with Gasteiger partial charge >= 0.3 is 7.54 Å². The van der Waals surface area contributed by atoms with E-state index in [1.807, 2.05) is 0 Å². The van der Waals surface area contributed by atoms with E-state index in [2.05, 4.69) is 4.90 Å². The molecule has 2 saturated heterocycles. The molecule has 0 aromatic carbocycles. The van der Waals surface area contributed by atoms with Gasteiger partial charge in [0.25, 0.3) is 0 Å². The van der Waals surface area contributed by atoms with Crippen molar-refractivity contribution in [2.24, 2.45) is 0 Å². The predicted octanol–water partition coefficient (Wildman–Crippen LogP) is 0.458. The standard InChI is InChI=1S/C8H15NO2.BF3/c10-6-8(11)3-5-9-4-1-2-7(8)9;2-1(3)4/h7,10-11H,1-6H2;/t7-,8+;/m0./s1. The van der Waals surface area contributed by atoms with E-state index in [4.69, 9.17) is 5.11 Å². The van der Waals surface area contributed by atoms with Gasteiger partial charge in [-0.05, 0) is 25.8 Å². The van der Waals surface area contributed by atoms with Crippen LogP contribution in [-0.2, 0) is 0 Å². The molecule has 0 unspecified atom stereocenters. The van der Waals surface area contributed by atoms with Gasteiger partial charge in [0.2, 0.25) is 0 Å². The highest BCUT2D eigenvalue weighted by Gasteiger charge is 2.47. The molecule has 2 aliphatic rings. The van der Waals surface area contributed by atoms with E-state index >= 15 is 0 Å². The molecular formula is C8H15BF3NO2. The summed E-state index contributed by atoms with van der Waals surface area (Å²) < 4.78 is 29.0. The molecule has 2 aliphatic heterocycles. The van der Waals surface area contributed by atoms with Crippen molar-refractivity contribution in [3.8, 4) is 0 Å². The smallest absolute Gasteiger partial charge is 0.393 e. The molecule has 88 valence electrons. The van der Waals surface area contributed by atoms with E-state index < -0.39 is 13.1 Å². The first-order valence-corrected chi connectivity index (χ1v) is 4.99. The SMILES string of the molecule is FB(F)F.OC[C@]1(O)CCN2CCC[C@H]21. The lowest BCUT2D eigenvalue weighted by atomic mass is 9.94. The number of nitrogens with zero attached hydrogens (tertiary/aromatic N) is 1. The van der Waals surface area contributed by atoms with Gasteiger partial charge in [-0.3, -0.25) is 17.8 Å². The molecule has 0 aromatic heterocycles. The fourth-order valence-corrected chi connectivity index (χ4v) is 2.39. The van der Waals surface area contributed by atoms with Gasteiger partial charge in [-0.1, -0.05) is 0 Å². The fraction of sp³-hybridized carbons (Fsp3) is 1.00. The summed E-state index contributed by atoms with van der Waals surface area (Å²) >= 11 is 0. The first-order chi connectivity index (χ1) is 6.99. The van der Waals surface area contributed by atoms with Crippen molar-refractivity contribution in [2.45, 2.75) is 30.9 Å². The Hall–Kier alpha value is -0.265. The second-order valence-corrected chi connectivity index (χ2v) is 3.95. The Morgan fingerprint density at radius 3 is 2.47 bits per heavy atom. The van der Waals surface area contributed by atoms with Gasteiger partial charge in [-0.2, -0.15) is 0 Å². The van der Waals surface area contributed by atoms with Crippen LogP contribution in [0.3, 0.4) is 0 Å². The summed E-state index contributed by atoms with van der Waals surface area (Å²) in [6.45, 7) is 1.99. The summed E-state index contributed by atoms with van der Waals surface area (Å²) in [5.74, 6) is 0. The molecule has 0 saturated carbocycles. The van der Waals surface area contributed by atoms with Crippen molar-refractivity contribution in [3.05, 3.63) is 0 Å². The molecular weight excluding hydrogens is 210 g/mol. The molecule has 0 aliphatic carbocycles. The van der Waals surface area contributed by atoms with Crippen molar-refractivity contribution in [1.82, 2.24) is 4.90 Å². The number of rotatable bonds is 1. The average molecular weight is 225 g/mol. The Balaban J connectivity index is 0.000000245. The van der Waals surface area contributed by atoms with Crippen LogP contribution in [0.2, 0.25) is 0 Å². The molecule has 0 aromatic rings. The third-order valence-electron chi connectivity index (χ3n) is 3.09. The van der Waals surface area contributed by atoms with Crippen LogP contribution in [0.25, 0.3) is 0 Å². The molecule has 2 fully saturated rings. The predicted molar refractivity (Wildman–Crippen MR) is 50.3 cm³/mol. The third-order valence-corrected chi connectivity index (χ3v) is 3.09. The van der Waals surface area contributed by atoms with Crippen LogP contribution in [0.5, 0.6) is 0 Å². The normalized spacial score (nSPS) is 34.6. The maximum absolute atomic E-state index is 9.88. The number of fused-ring (bicyclic) bond motifs is 1. The summed E-state index contributed by atoms with van der Waals surface area (Å²) in [6.07, 6.45) is 2.97. The molecule has 15 heavy (non-hydrogen) atoms. The first-order valence-electron chi connectivity index (χ1n) is 4.99. The second kappa shape index (κ2) is 5.18. The van der Waals surface area contributed by atoms with E-state index in [9.17, 15) is 18.1 Å². The highest BCUT2D eigenvalue weighted by atomic mass is 19.4. The summed E-state index contributed by atoms with van der Waals surface area (Å²) in [4.78, 5) is 2.29. The second-order valence-electron chi connectivity index (χ2n) is 3.95. The highest BCUT2D eigenvalue weighted by molar-refractivity contribution is 6.33. The minimum absolute atomic E-state index is 0.0752. The lowest BCUT2D eigenvalue weighted by Gasteiger charge is -2.27. The fourth-order valence-electron chi connectivity index (χ4n) is 2.39. The van der Waals surface area contributed by atoms with E-state index in [0.717, 1.165) is 25.9 Å². The minimum Gasteiger partial charge on any atom is -0.393 e. The maximum Gasteiger partial charge on any atom is 0.762 e. The minimum atomic E-state index is -3.67. The van der Waals surface area contributed by atoms with Crippen molar-refractivity contribution in [3.63, 3.8) is 0 Å². The first kappa shape index (κ1) is 12.8. The molecule has 0 radical (unpaired) electrons. The van der Waals surface area contributed by atoms with Crippen LogP contribution in [0.15, 0.2) is 0 Å². The molecule has 2 heterocycles. The van der Waals surface area contributed by atoms with E-state index in [1.54, 1.807) is 0 Å². The van der Waals surface area contributed by atoms with Crippen LogP contribution in [-0.4, -0.2) is 54.0 Å². The van der Waals surface area contributed by atoms with Gasteiger partial charge in [0.1, 0.15) is 5.60 Å². The molecule has 2 N–H and O–H groups in total. The van der Waals surface area contributed by atoms with Crippen LogP contribution < -0.4 is 0 Å². The van der Waals surface area contributed by atoms with Gasteiger partial charge in [0, 0.05) is 12.6 Å². The van der Waals surface area contributed by atoms with Gasteiger partial charge in [0.05, 0.1) is 6.61 Å². The Bertz CT molecular complexity index is 208. The number of hydrogen-bond donors (Lipinski definition) is 2. The number of halogens is 3. The van der Waals surface area contributed by atoms with Gasteiger partial charge in [-0.25, -0.2) is 0 Å². The molecule has 2 rings (SSSR count). The van der Waals surface area contributed by atoms with Crippen molar-refractivity contribution in [2.75, 3.05) is 19.7 Å². The highest BCUT2D eigenvalue weighted by Crippen LogP contribution is 2.35. The van der Waals surface area contributed by atoms with Gasteiger partial charge < -0.3 is 10.2 Å². The summed E-state index contributed by atoms with van der Waals surface area (Å²) in [7, 11) is -3.67. The molecule has 2 atom stereocenters. The Morgan fingerprint density at radius 2 is 1.93 bits per heavy atom. The molecule has 0 bridgehead atoms. The molecule has 0 spiro atoms. The van der Waals surface area contributed by atoms with Crippen molar-refractivity contribution in [1.29, 1.82) is 0 Å². The van der Waals surface area contributed by atoms with Crippen LogP contribution in [0.4, 0.5) is 12.9 Å². The zero-order chi connectivity index (χ0) is 11.5. The zero-order valence-electron chi connectivity index (χ0n) is 8.37. The van der Waals surface area contributed by atoms with E-state index in [0.29, 0.717) is 0 Å². The Morgan fingerprint density at radius 1 is 1.33 bits per heavy atom. The number of aliphatic hydroxyl groups excluding tert-OH is 1. The lowest BCUT2D eigenvalue weighted by Crippen LogP contribution is -2.44. The summed E-state index contributed by atoms with van der Waals surface area (Å²) in [5.41, 5.74) is -0.781. The van der Waals surface area contributed by atoms with Crippen LogP contribution in [0, 0.1) is 0 Å². The average Bonchev–Trinajstić information content (AvgIpc) is 2.70. The molecule has 3 nitrogen and oxygen atoms in total. The van der Waals surface area contributed by atoms with E-state index in [1.165, 1.54) is 6.42 Å². The zero-order valence-corrected chi connectivity index (χ0v) is 8.37. The third kappa shape index (κ3) is 3.09. The van der Waals surface area contributed by atoms with Crippen molar-refractivity contribution >= 4 is 7.54 Å². The van der Waals surface area contributed by atoms with Crippen LogP contribution in [0.1, 0.15) is 19.3 Å². The van der Waals surface area contributed by atoms with Gasteiger partial charge in [-0.15, -0.1) is 0 Å². The molecule has 7 heteroatoms. The van der Waals surface area contributed by atoms with Crippen LogP contribution >= 0.6 is 0 Å². The maximum atomic E-state index is 9.88. The summed E-state index contributed by atoms with van der Waals surface area (Å²) in [5, 5.41) is 18.9. The van der Waals surface area contributed by atoms with Crippen molar-refractivity contribution < 1.29 is 23.2 Å². The number of hydrogen-bond acceptors (Lipinski definition) is 3. The topological polar surface area (TPSA) is 43.7 Å². The molecule has 0 amide bonds. The van der Waals surface area contributed by atoms with Gasteiger partial charge in [0.15, 0.2) is 0 Å². The Labute approximate surface area is 87.1 Å². The lowest BCUT2D eigenvalue weighted by molar-refractivity contribution is -0.0335. The quantitative estimate of drug-likeness (QED) is 0.637.